The highest BCUT2D eigenvalue weighted by atomic mass is 28.4. The van der Waals surface area contributed by atoms with E-state index >= 15 is 0 Å². The van der Waals surface area contributed by atoms with Crippen LogP contribution in [-0.4, -0.2) is 51.3 Å². The topological polar surface area (TPSA) is 54.0 Å². The van der Waals surface area contributed by atoms with Crippen LogP contribution >= 0.6 is 0 Å². The standard InChI is InChI=1S/C25H54O5Si2/c1-23(19-15-11-9-13-17-21-31(7,27-3)28-4)25(26)24(2)20-16-12-10-14-18-22-32(8,29-5)30-6/h23-24H,9-22H2,1-8H3. The highest BCUT2D eigenvalue weighted by Crippen LogP contribution is 2.22. The Morgan fingerprint density at radius 3 is 1.16 bits per heavy atom. The van der Waals surface area contributed by atoms with Crippen LogP contribution in [0, 0.1) is 11.8 Å². The molecule has 0 aromatic heterocycles. The molecule has 0 radical (unpaired) electrons. The molecule has 0 aliphatic heterocycles. The molecule has 0 heterocycles. The van der Waals surface area contributed by atoms with E-state index in [9.17, 15) is 4.79 Å². The average molecular weight is 491 g/mol. The van der Waals surface area contributed by atoms with E-state index in [2.05, 4.69) is 26.9 Å². The van der Waals surface area contributed by atoms with Crippen molar-refractivity contribution in [3.63, 3.8) is 0 Å². The summed E-state index contributed by atoms with van der Waals surface area (Å²) in [6.07, 6.45) is 14.1. The molecule has 2 atom stereocenters. The lowest BCUT2D eigenvalue weighted by molar-refractivity contribution is -0.126. The molecule has 0 rings (SSSR count). The fourth-order valence-electron chi connectivity index (χ4n) is 4.20. The van der Waals surface area contributed by atoms with Gasteiger partial charge in [-0.3, -0.25) is 4.79 Å². The average Bonchev–Trinajstić information content (AvgIpc) is 2.81. The molecular formula is C25H54O5Si2. The lowest BCUT2D eigenvalue weighted by Gasteiger charge is -2.22. The third-order valence-corrected chi connectivity index (χ3v) is 13.2. The normalized spacial score (nSPS) is 14.5. The van der Waals surface area contributed by atoms with Crippen molar-refractivity contribution in [3.8, 4) is 0 Å². The van der Waals surface area contributed by atoms with Gasteiger partial charge in [0.15, 0.2) is 0 Å². The molecule has 2 unspecified atom stereocenters. The quantitative estimate of drug-likeness (QED) is 0.118. The van der Waals surface area contributed by atoms with Gasteiger partial charge in [-0.25, -0.2) is 0 Å². The summed E-state index contributed by atoms with van der Waals surface area (Å²) in [5.41, 5.74) is 0. The fourth-order valence-corrected chi connectivity index (χ4v) is 7.13. The summed E-state index contributed by atoms with van der Waals surface area (Å²) in [6.45, 7) is 8.51. The SMILES string of the molecule is CO[Si](C)(CCCCCCCC(C)C(=O)C(C)CCCCCCC[Si](C)(OC)OC)OC. The second kappa shape index (κ2) is 18.3. The van der Waals surface area contributed by atoms with E-state index in [1.165, 1.54) is 51.4 Å². The second-order valence-electron chi connectivity index (χ2n) is 9.90. The van der Waals surface area contributed by atoms with Crippen LogP contribution in [0.15, 0.2) is 0 Å². The lowest BCUT2D eigenvalue weighted by atomic mass is 9.88. The number of unbranched alkanes of at least 4 members (excludes halogenated alkanes) is 8. The molecule has 0 saturated heterocycles. The monoisotopic (exact) mass is 490 g/mol. The summed E-state index contributed by atoms with van der Waals surface area (Å²) in [5, 5.41) is 0. The fraction of sp³-hybridized carbons (Fsp3) is 0.960. The maximum atomic E-state index is 12.7. The summed E-state index contributed by atoms with van der Waals surface area (Å²) in [5.74, 6) is 0.871. The lowest BCUT2D eigenvalue weighted by Crippen LogP contribution is -2.35. The van der Waals surface area contributed by atoms with Gasteiger partial charge < -0.3 is 17.7 Å². The van der Waals surface area contributed by atoms with E-state index in [1.807, 2.05) is 0 Å². The van der Waals surface area contributed by atoms with Gasteiger partial charge >= 0.3 is 17.1 Å². The summed E-state index contributed by atoms with van der Waals surface area (Å²) < 4.78 is 22.2. The van der Waals surface area contributed by atoms with Gasteiger partial charge in [0.05, 0.1) is 0 Å². The minimum absolute atomic E-state index is 0.202. The summed E-state index contributed by atoms with van der Waals surface area (Å²) in [4.78, 5) is 12.7. The molecule has 5 nitrogen and oxygen atoms in total. The van der Waals surface area contributed by atoms with Crippen molar-refractivity contribution in [1.29, 1.82) is 0 Å². The molecule has 0 aliphatic rings. The molecule has 32 heavy (non-hydrogen) atoms. The van der Waals surface area contributed by atoms with Gasteiger partial charge in [-0.2, -0.15) is 0 Å². The predicted molar refractivity (Wildman–Crippen MR) is 140 cm³/mol. The molecule has 0 aliphatic carbocycles. The smallest absolute Gasteiger partial charge is 0.334 e. The van der Waals surface area contributed by atoms with Crippen LogP contribution in [-0.2, 0) is 22.5 Å². The van der Waals surface area contributed by atoms with Crippen molar-refractivity contribution in [2.24, 2.45) is 11.8 Å². The number of Topliss-reactive ketones (excluding diaryl/α,β-unsaturated/α-hetero) is 1. The zero-order valence-corrected chi connectivity index (χ0v) is 24.6. The van der Waals surface area contributed by atoms with Gasteiger partial charge in [-0.1, -0.05) is 78.1 Å². The first kappa shape index (κ1) is 31.9. The third kappa shape index (κ3) is 14.3. The first-order valence-corrected chi connectivity index (χ1v) is 18.0. The number of hydrogen-bond donors (Lipinski definition) is 0. The molecule has 192 valence electrons. The number of ketones is 1. The van der Waals surface area contributed by atoms with E-state index < -0.39 is 17.1 Å². The molecule has 0 spiro atoms. The summed E-state index contributed by atoms with van der Waals surface area (Å²) >= 11 is 0. The van der Waals surface area contributed by atoms with Crippen LogP contribution in [0.3, 0.4) is 0 Å². The Hall–Kier alpha value is -0.0562. The first-order valence-electron chi connectivity index (χ1n) is 12.9. The minimum Gasteiger partial charge on any atom is -0.398 e. The van der Waals surface area contributed by atoms with Crippen LogP contribution in [0.1, 0.15) is 90.9 Å². The number of hydrogen-bond acceptors (Lipinski definition) is 5. The van der Waals surface area contributed by atoms with E-state index in [4.69, 9.17) is 17.7 Å². The largest absolute Gasteiger partial charge is 0.398 e. The van der Waals surface area contributed by atoms with Gasteiger partial charge in [-0.05, 0) is 38.0 Å². The second-order valence-corrected chi connectivity index (χ2v) is 17.1. The van der Waals surface area contributed by atoms with Crippen molar-refractivity contribution in [1.82, 2.24) is 0 Å². The molecule has 0 aromatic carbocycles. The zero-order valence-electron chi connectivity index (χ0n) is 22.6. The van der Waals surface area contributed by atoms with Crippen LogP contribution < -0.4 is 0 Å². The van der Waals surface area contributed by atoms with Crippen LogP contribution in [0.2, 0.25) is 25.2 Å². The van der Waals surface area contributed by atoms with Gasteiger partial charge in [-0.15, -0.1) is 0 Å². The van der Waals surface area contributed by atoms with E-state index in [-0.39, 0.29) is 11.8 Å². The molecule has 0 amide bonds. The number of carbonyl (C=O) groups is 1. The van der Waals surface area contributed by atoms with Gasteiger partial charge in [0.2, 0.25) is 0 Å². The molecule has 0 fully saturated rings. The van der Waals surface area contributed by atoms with Crippen LogP contribution in [0.25, 0.3) is 0 Å². The van der Waals surface area contributed by atoms with Gasteiger partial charge in [0.1, 0.15) is 5.78 Å². The van der Waals surface area contributed by atoms with Crippen LogP contribution in [0.4, 0.5) is 0 Å². The molecule has 0 bridgehead atoms. The van der Waals surface area contributed by atoms with E-state index in [1.54, 1.807) is 28.4 Å². The van der Waals surface area contributed by atoms with E-state index in [0.29, 0.717) is 5.78 Å². The molecule has 7 heteroatoms. The summed E-state index contributed by atoms with van der Waals surface area (Å²) in [7, 11) is 3.26. The Labute approximate surface area is 201 Å². The molecule has 0 N–H and O–H groups in total. The Kier molecular flexibility index (Phi) is 18.3. The van der Waals surface area contributed by atoms with Crippen LogP contribution in [0.5, 0.6) is 0 Å². The maximum Gasteiger partial charge on any atom is 0.334 e. The Balaban J connectivity index is 3.77. The summed E-state index contributed by atoms with van der Waals surface area (Å²) in [6, 6.07) is 2.13. The molecule has 0 aromatic rings. The minimum atomic E-state index is -1.90. The van der Waals surface area contributed by atoms with Gasteiger partial charge in [0.25, 0.3) is 0 Å². The Morgan fingerprint density at radius 1 is 0.562 bits per heavy atom. The molecule has 0 saturated carbocycles. The number of rotatable bonds is 22. The van der Waals surface area contributed by atoms with Crippen molar-refractivity contribution < 1.29 is 22.5 Å². The third-order valence-electron chi connectivity index (χ3n) is 7.23. The molecular weight excluding hydrogens is 436 g/mol. The maximum absolute atomic E-state index is 12.7. The first-order chi connectivity index (χ1) is 15.2. The highest BCUT2D eigenvalue weighted by Gasteiger charge is 2.28. The van der Waals surface area contributed by atoms with Crippen molar-refractivity contribution in [2.45, 2.75) is 116 Å². The highest BCUT2D eigenvalue weighted by molar-refractivity contribution is 6.66. The Morgan fingerprint density at radius 2 is 0.844 bits per heavy atom. The Bertz CT molecular complexity index is 427. The van der Waals surface area contributed by atoms with Crippen molar-refractivity contribution in [2.75, 3.05) is 28.4 Å². The zero-order chi connectivity index (χ0) is 24.5. The van der Waals surface area contributed by atoms with Crippen molar-refractivity contribution in [3.05, 3.63) is 0 Å². The van der Waals surface area contributed by atoms with Crippen molar-refractivity contribution >= 4 is 22.9 Å². The predicted octanol–water partition coefficient (Wildman–Crippen LogP) is 7.24. The number of carbonyl (C=O) groups excluding carboxylic acids is 1. The van der Waals surface area contributed by atoms with E-state index in [0.717, 1.165) is 37.8 Å². The van der Waals surface area contributed by atoms with Gasteiger partial charge in [0, 0.05) is 40.3 Å².